The topological polar surface area (TPSA) is 58.5 Å². The fraction of sp³-hybridized carbons (Fsp3) is 0.474. The van der Waals surface area contributed by atoms with Gasteiger partial charge in [0.15, 0.2) is 5.96 Å². The van der Waals surface area contributed by atoms with Crippen molar-refractivity contribution >= 4 is 41.3 Å². The van der Waals surface area contributed by atoms with E-state index in [-0.39, 0.29) is 24.0 Å². The van der Waals surface area contributed by atoms with E-state index in [1.54, 1.807) is 18.4 Å². The van der Waals surface area contributed by atoms with Crippen LogP contribution in [0.3, 0.4) is 0 Å². The molecule has 1 aromatic heterocycles. The lowest BCUT2D eigenvalue weighted by Crippen LogP contribution is -2.37. The number of hydrogen-bond acceptors (Lipinski definition) is 4. The van der Waals surface area contributed by atoms with Gasteiger partial charge in [0.05, 0.1) is 13.2 Å². The lowest BCUT2D eigenvalue weighted by atomic mass is 10.1. The Balaban J connectivity index is 0.00000338. The molecule has 2 N–H and O–H groups in total. The van der Waals surface area contributed by atoms with E-state index < -0.39 is 0 Å². The van der Waals surface area contributed by atoms with Crippen LogP contribution in [0.1, 0.15) is 35.7 Å². The van der Waals surface area contributed by atoms with E-state index in [4.69, 9.17) is 4.74 Å². The summed E-state index contributed by atoms with van der Waals surface area (Å²) in [5.41, 5.74) is 1.25. The van der Waals surface area contributed by atoms with Gasteiger partial charge >= 0.3 is 0 Å². The number of aryl methyl sites for hydroxylation is 1. The van der Waals surface area contributed by atoms with Gasteiger partial charge in [-0.2, -0.15) is 0 Å². The van der Waals surface area contributed by atoms with E-state index in [2.05, 4.69) is 46.6 Å². The van der Waals surface area contributed by atoms with Crippen LogP contribution in [0.4, 0.5) is 0 Å². The van der Waals surface area contributed by atoms with Crippen LogP contribution in [0.2, 0.25) is 0 Å². The number of hydrogen-bond donors (Lipinski definition) is 2. The van der Waals surface area contributed by atoms with Crippen LogP contribution >= 0.6 is 35.3 Å². The van der Waals surface area contributed by atoms with E-state index in [0.29, 0.717) is 6.54 Å². The third-order valence-corrected chi connectivity index (χ3v) is 4.80. The summed E-state index contributed by atoms with van der Waals surface area (Å²) in [6.45, 7) is 6.53. The first kappa shape index (κ1) is 22.7. The maximum Gasteiger partial charge on any atom is 0.191 e. The minimum Gasteiger partial charge on any atom is -0.494 e. The monoisotopic (exact) mass is 488 g/mol. The Morgan fingerprint density at radius 2 is 2.12 bits per heavy atom. The van der Waals surface area contributed by atoms with Crippen molar-refractivity contribution in [1.29, 1.82) is 0 Å². The summed E-state index contributed by atoms with van der Waals surface area (Å²) in [5.74, 6) is 1.74. The lowest BCUT2D eigenvalue weighted by Gasteiger charge is -2.11. The molecule has 0 unspecified atom stereocenters. The second kappa shape index (κ2) is 12.9. The van der Waals surface area contributed by atoms with Crippen molar-refractivity contribution in [2.24, 2.45) is 4.99 Å². The molecule has 0 aliphatic rings. The van der Waals surface area contributed by atoms with Crippen LogP contribution in [0, 0.1) is 0 Å². The van der Waals surface area contributed by atoms with E-state index in [1.807, 2.05) is 18.3 Å². The number of thiazole rings is 1. The molecule has 2 aromatic rings. The number of rotatable bonds is 9. The summed E-state index contributed by atoms with van der Waals surface area (Å²) in [7, 11) is 1.79. The molecule has 0 saturated heterocycles. The van der Waals surface area contributed by atoms with E-state index in [9.17, 15) is 0 Å². The number of ether oxygens (including phenoxy) is 1. The van der Waals surface area contributed by atoms with Gasteiger partial charge in [-0.25, -0.2) is 4.98 Å². The fourth-order valence-electron chi connectivity index (χ4n) is 2.31. The maximum atomic E-state index is 5.68. The molecular weight excluding hydrogens is 459 g/mol. The van der Waals surface area contributed by atoms with Gasteiger partial charge in [0.2, 0.25) is 0 Å². The predicted molar refractivity (Wildman–Crippen MR) is 121 cm³/mol. The second-order valence-corrected chi connectivity index (χ2v) is 6.87. The fourth-order valence-corrected chi connectivity index (χ4v) is 3.11. The Morgan fingerprint density at radius 3 is 2.81 bits per heavy atom. The molecular formula is C19H29IN4OS. The Kier molecular flexibility index (Phi) is 11.3. The van der Waals surface area contributed by atoms with Crippen molar-refractivity contribution in [3.8, 4) is 5.75 Å². The van der Waals surface area contributed by atoms with E-state index in [1.165, 1.54) is 10.4 Å². The molecule has 0 fully saturated rings. The molecule has 5 nitrogen and oxygen atoms in total. The van der Waals surface area contributed by atoms with E-state index in [0.717, 1.165) is 49.1 Å². The van der Waals surface area contributed by atoms with Gasteiger partial charge in [-0.1, -0.05) is 26.0 Å². The highest BCUT2D eigenvalue weighted by Gasteiger charge is 2.03. The van der Waals surface area contributed by atoms with Gasteiger partial charge in [-0.3, -0.25) is 4.99 Å². The van der Waals surface area contributed by atoms with Crippen molar-refractivity contribution in [3.05, 3.63) is 45.9 Å². The van der Waals surface area contributed by atoms with Crippen molar-refractivity contribution in [2.45, 2.75) is 39.7 Å². The zero-order valence-corrected chi connectivity index (χ0v) is 18.9. The normalized spacial score (nSPS) is 11.0. The minimum atomic E-state index is 0. The predicted octanol–water partition coefficient (Wildman–Crippen LogP) is 4.02. The average molecular weight is 488 g/mol. The molecule has 1 heterocycles. The number of nitrogens with zero attached hydrogens (tertiary/aromatic N) is 2. The number of benzene rings is 1. The van der Waals surface area contributed by atoms with Gasteiger partial charge in [-0.15, -0.1) is 35.3 Å². The zero-order chi connectivity index (χ0) is 17.9. The number of aliphatic imine (C=N–C) groups is 1. The first-order chi connectivity index (χ1) is 12.2. The molecule has 0 aliphatic heterocycles. The summed E-state index contributed by atoms with van der Waals surface area (Å²) in [6.07, 6.45) is 4.92. The third-order valence-electron chi connectivity index (χ3n) is 3.66. The molecule has 1 aromatic carbocycles. The van der Waals surface area contributed by atoms with Gasteiger partial charge in [-0.05, 0) is 37.0 Å². The second-order valence-electron chi connectivity index (χ2n) is 5.67. The highest BCUT2D eigenvalue weighted by molar-refractivity contribution is 14.0. The summed E-state index contributed by atoms with van der Waals surface area (Å²) in [6, 6.07) is 8.28. The number of halogens is 1. The highest BCUT2D eigenvalue weighted by Crippen LogP contribution is 2.14. The van der Waals surface area contributed by atoms with Crippen molar-refractivity contribution < 1.29 is 4.74 Å². The van der Waals surface area contributed by atoms with Crippen LogP contribution < -0.4 is 15.4 Å². The SMILES string of the molecule is CCCOc1cccc(CCNC(=NC)NCc2ncc(CC)s2)c1.I. The first-order valence-electron chi connectivity index (χ1n) is 8.85. The van der Waals surface area contributed by atoms with Gasteiger partial charge < -0.3 is 15.4 Å². The molecule has 0 radical (unpaired) electrons. The van der Waals surface area contributed by atoms with Crippen molar-refractivity contribution in [3.63, 3.8) is 0 Å². The van der Waals surface area contributed by atoms with Crippen molar-refractivity contribution in [2.75, 3.05) is 20.2 Å². The number of aromatic nitrogens is 1. The Labute approximate surface area is 177 Å². The molecule has 26 heavy (non-hydrogen) atoms. The molecule has 0 atom stereocenters. The van der Waals surface area contributed by atoms with Crippen LogP contribution in [-0.4, -0.2) is 31.1 Å². The minimum absolute atomic E-state index is 0. The van der Waals surface area contributed by atoms with Gasteiger partial charge in [0, 0.05) is 24.7 Å². The van der Waals surface area contributed by atoms with Gasteiger partial charge in [0.1, 0.15) is 10.8 Å². The highest BCUT2D eigenvalue weighted by atomic mass is 127. The van der Waals surface area contributed by atoms with Crippen LogP contribution in [0.5, 0.6) is 5.75 Å². The van der Waals surface area contributed by atoms with Crippen LogP contribution in [-0.2, 0) is 19.4 Å². The summed E-state index contributed by atoms with van der Waals surface area (Å²) in [4.78, 5) is 9.99. The van der Waals surface area contributed by atoms with Gasteiger partial charge in [0.25, 0.3) is 0 Å². The molecule has 0 bridgehead atoms. The Morgan fingerprint density at radius 1 is 1.27 bits per heavy atom. The summed E-state index contributed by atoms with van der Waals surface area (Å²) in [5, 5.41) is 7.74. The first-order valence-corrected chi connectivity index (χ1v) is 9.66. The zero-order valence-electron chi connectivity index (χ0n) is 15.7. The molecule has 2 rings (SSSR count). The van der Waals surface area contributed by atoms with Crippen molar-refractivity contribution in [1.82, 2.24) is 15.6 Å². The summed E-state index contributed by atoms with van der Waals surface area (Å²) < 4.78 is 5.68. The lowest BCUT2D eigenvalue weighted by molar-refractivity contribution is 0.317. The molecule has 7 heteroatoms. The average Bonchev–Trinajstić information content (AvgIpc) is 3.11. The molecule has 0 amide bonds. The standard InChI is InChI=1S/C19H28N4OS.HI/c1-4-11-24-16-8-6-7-15(12-16)9-10-21-19(20-3)23-14-18-22-13-17(5-2)25-18;/h6-8,12-13H,4-5,9-11,14H2,1-3H3,(H2,20,21,23);1H. The molecule has 0 spiro atoms. The smallest absolute Gasteiger partial charge is 0.191 e. The third kappa shape index (κ3) is 7.90. The molecule has 0 aliphatic carbocycles. The molecule has 0 saturated carbocycles. The quantitative estimate of drug-likeness (QED) is 0.318. The van der Waals surface area contributed by atoms with E-state index >= 15 is 0 Å². The summed E-state index contributed by atoms with van der Waals surface area (Å²) >= 11 is 1.74. The number of nitrogens with one attached hydrogen (secondary N) is 2. The number of guanidine groups is 1. The largest absolute Gasteiger partial charge is 0.494 e. The Bertz CT molecular complexity index is 675. The Hall–Kier alpha value is -1.35. The van der Waals surface area contributed by atoms with Crippen LogP contribution in [0.25, 0.3) is 0 Å². The molecule has 144 valence electrons. The van der Waals surface area contributed by atoms with Crippen LogP contribution in [0.15, 0.2) is 35.5 Å². The maximum absolute atomic E-state index is 5.68.